The lowest BCUT2D eigenvalue weighted by atomic mass is 10.0. The number of rotatable bonds is 4. The summed E-state index contributed by atoms with van der Waals surface area (Å²) in [5, 5.41) is 3.46. The number of sulfonamides is 1. The van der Waals surface area contributed by atoms with Crippen molar-refractivity contribution in [2.75, 3.05) is 6.26 Å². The highest BCUT2D eigenvalue weighted by atomic mass is 32.2. The molecule has 2 unspecified atom stereocenters. The molecule has 1 aromatic rings. The van der Waals surface area contributed by atoms with Crippen molar-refractivity contribution < 1.29 is 16.8 Å². The van der Waals surface area contributed by atoms with Crippen molar-refractivity contribution in [2.24, 2.45) is 0 Å². The minimum absolute atomic E-state index is 0.00121. The normalized spacial score (nSPS) is 28.7. The summed E-state index contributed by atoms with van der Waals surface area (Å²) < 4.78 is 50.8. The molecule has 22 heavy (non-hydrogen) atoms. The Kier molecular flexibility index (Phi) is 4.05. The van der Waals surface area contributed by atoms with Gasteiger partial charge in [0.2, 0.25) is 10.0 Å². The predicted molar refractivity (Wildman–Crippen MR) is 82.8 cm³/mol. The molecule has 0 saturated carbocycles. The quantitative estimate of drug-likeness (QED) is 0.837. The Morgan fingerprint density at radius 1 is 1.05 bits per heavy atom. The Hall–Kier alpha value is -0.960. The third-order valence-electron chi connectivity index (χ3n) is 4.34. The zero-order valence-electron chi connectivity index (χ0n) is 12.3. The molecular formula is C14H20N2O4S2. The SMILES string of the molecule is CS(=O)(=O)c1cccc(S(=O)(=O)NC2CC3CCC(C2)N3)c1. The molecule has 6 nitrogen and oxygen atoms in total. The summed E-state index contributed by atoms with van der Waals surface area (Å²) in [6, 6.07) is 6.17. The van der Waals surface area contributed by atoms with Crippen molar-refractivity contribution in [1.82, 2.24) is 10.0 Å². The molecule has 2 heterocycles. The summed E-state index contributed by atoms with van der Waals surface area (Å²) in [6.45, 7) is 0. The maximum absolute atomic E-state index is 12.5. The molecule has 0 aliphatic carbocycles. The minimum Gasteiger partial charge on any atom is -0.311 e. The summed E-state index contributed by atoms with van der Waals surface area (Å²) in [5.74, 6) is 0. The van der Waals surface area contributed by atoms with E-state index >= 15 is 0 Å². The molecule has 2 atom stereocenters. The van der Waals surface area contributed by atoms with Crippen LogP contribution in [0.2, 0.25) is 0 Å². The largest absolute Gasteiger partial charge is 0.311 e. The molecule has 2 N–H and O–H groups in total. The highest BCUT2D eigenvalue weighted by Gasteiger charge is 2.35. The van der Waals surface area contributed by atoms with E-state index in [0.717, 1.165) is 31.9 Å². The molecule has 2 fully saturated rings. The first-order chi connectivity index (χ1) is 10.2. The molecule has 3 rings (SSSR count). The third-order valence-corrected chi connectivity index (χ3v) is 6.97. The summed E-state index contributed by atoms with van der Waals surface area (Å²) >= 11 is 0. The summed E-state index contributed by atoms with van der Waals surface area (Å²) in [6.07, 6.45) is 4.80. The smallest absolute Gasteiger partial charge is 0.240 e. The standard InChI is InChI=1S/C14H20N2O4S2/c1-21(17,18)13-3-2-4-14(9-13)22(19,20)16-12-7-10-5-6-11(8-12)15-10/h2-4,9-12,15-16H,5-8H2,1H3. The fourth-order valence-corrected chi connectivity index (χ4v) is 5.36. The van der Waals surface area contributed by atoms with E-state index in [1.807, 2.05) is 0 Å². The van der Waals surface area contributed by atoms with Crippen LogP contribution in [0.4, 0.5) is 0 Å². The van der Waals surface area contributed by atoms with Gasteiger partial charge in [0.1, 0.15) is 0 Å². The number of fused-ring (bicyclic) bond motifs is 2. The Morgan fingerprint density at radius 2 is 1.64 bits per heavy atom. The maximum Gasteiger partial charge on any atom is 0.240 e. The first kappa shape index (κ1) is 15.9. The van der Waals surface area contributed by atoms with E-state index in [2.05, 4.69) is 10.0 Å². The maximum atomic E-state index is 12.5. The second-order valence-electron chi connectivity index (χ2n) is 6.17. The van der Waals surface area contributed by atoms with Crippen LogP contribution in [0, 0.1) is 0 Å². The minimum atomic E-state index is -3.70. The predicted octanol–water partition coefficient (Wildman–Crippen LogP) is 0.651. The first-order valence-electron chi connectivity index (χ1n) is 7.32. The zero-order valence-corrected chi connectivity index (χ0v) is 14.0. The Morgan fingerprint density at radius 3 is 2.23 bits per heavy atom. The van der Waals surface area contributed by atoms with Crippen molar-refractivity contribution in [3.05, 3.63) is 24.3 Å². The Balaban J connectivity index is 1.81. The lowest BCUT2D eigenvalue weighted by Gasteiger charge is -2.29. The van der Waals surface area contributed by atoms with Crippen LogP contribution in [0.3, 0.4) is 0 Å². The number of benzene rings is 1. The van der Waals surface area contributed by atoms with Gasteiger partial charge in [0.25, 0.3) is 0 Å². The van der Waals surface area contributed by atoms with E-state index in [1.165, 1.54) is 24.3 Å². The topological polar surface area (TPSA) is 92.3 Å². The second-order valence-corrected chi connectivity index (χ2v) is 9.90. The van der Waals surface area contributed by atoms with Crippen LogP contribution in [0.25, 0.3) is 0 Å². The van der Waals surface area contributed by atoms with Crippen LogP contribution in [0.5, 0.6) is 0 Å². The number of piperidine rings is 1. The van der Waals surface area contributed by atoms with Gasteiger partial charge in [0.05, 0.1) is 9.79 Å². The summed E-state index contributed by atoms with van der Waals surface area (Å²) in [5.41, 5.74) is 0. The van der Waals surface area contributed by atoms with Gasteiger partial charge >= 0.3 is 0 Å². The summed E-state index contributed by atoms with van der Waals surface area (Å²) in [4.78, 5) is 0.0158. The van der Waals surface area contributed by atoms with Crippen molar-refractivity contribution >= 4 is 19.9 Å². The monoisotopic (exact) mass is 344 g/mol. The van der Waals surface area contributed by atoms with E-state index < -0.39 is 19.9 Å². The molecular weight excluding hydrogens is 324 g/mol. The molecule has 0 aromatic heterocycles. The summed E-state index contributed by atoms with van der Waals surface area (Å²) in [7, 11) is -7.13. The zero-order chi connectivity index (χ0) is 16.0. The molecule has 0 spiro atoms. The molecule has 0 amide bonds. The number of sulfone groups is 1. The van der Waals surface area contributed by atoms with Crippen molar-refractivity contribution in [1.29, 1.82) is 0 Å². The van der Waals surface area contributed by atoms with E-state index in [4.69, 9.17) is 0 Å². The van der Waals surface area contributed by atoms with Crippen LogP contribution >= 0.6 is 0 Å². The van der Waals surface area contributed by atoms with Crippen LogP contribution < -0.4 is 10.0 Å². The first-order valence-corrected chi connectivity index (χ1v) is 10.7. The number of hydrogen-bond acceptors (Lipinski definition) is 5. The van der Waals surface area contributed by atoms with Crippen molar-refractivity contribution in [3.63, 3.8) is 0 Å². The van der Waals surface area contributed by atoms with Gasteiger partial charge in [-0.25, -0.2) is 21.6 Å². The van der Waals surface area contributed by atoms with Gasteiger partial charge in [-0.3, -0.25) is 0 Å². The van der Waals surface area contributed by atoms with Gasteiger partial charge in [0.15, 0.2) is 9.84 Å². The van der Waals surface area contributed by atoms with Gasteiger partial charge in [0, 0.05) is 24.4 Å². The van der Waals surface area contributed by atoms with Gasteiger partial charge in [-0.1, -0.05) is 6.07 Å². The van der Waals surface area contributed by atoms with Gasteiger partial charge < -0.3 is 5.32 Å². The molecule has 0 radical (unpaired) electrons. The number of nitrogens with one attached hydrogen (secondary N) is 2. The van der Waals surface area contributed by atoms with Gasteiger partial charge in [-0.2, -0.15) is 0 Å². The van der Waals surface area contributed by atoms with Crippen LogP contribution in [-0.2, 0) is 19.9 Å². The average Bonchev–Trinajstić information content (AvgIpc) is 2.77. The van der Waals surface area contributed by atoms with Gasteiger partial charge in [-0.05, 0) is 43.9 Å². The van der Waals surface area contributed by atoms with Crippen LogP contribution in [0.15, 0.2) is 34.1 Å². The van der Waals surface area contributed by atoms with E-state index in [1.54, 1.807) is 0 Å². The molecule has 2 saturated heterocycles. The molecule has 2 bridgehead atoms. The molecule has 122 valence electrons. The van der Waals surface area contributed by atoms with Crippen LogP contribution in [0.1, 0.15) is 25.7 Å². The molecule has 2 aliphatic heterocycles. The highest BCUT2D eigenvalue weighted by Crippen LogP contribution is 2.28. The highest BCUT2D eigenvalue weighted by molar-refractivity contribution is 7.91. The lowest BCUT2D eigenvalue weighted by molar-refractivity contribution is 0.345. The second kappa shape index (κ2) is 5.59. The van der Waals surface area contributed by atoms with Crippen molar-refractivity contribution in [3.8, 4) is 0 Å². The Labute approximate surface area is 131 Å². The lowest BCUT2D eigenvalue weighted by Crippen LogP contribution is -2.47. The van der Waals surface area contributed by atoms with E-state index in [9.17, 15) is 16.8 Å². The van der Waals surface area contributed by atoms with Crippen molar-refractivity contribution in [2.45, 2.75) is 53.6 Å². The fourth-order valence-electron chi connectivity index (χ4n) is 3.31. The fraction of sp³-hybridized carbons (Fsp3) is 0.571. The molecule has 1 aromatic carbocycles. The van der Waals surface area contributed by atoms with Crippen LogP contribution in [-0.4, -0.2) is 41.2 Å². The average molecular weight is 344 g/mol. The van der Waals surface area contributed by atoms with E-state index in [-0.39, 0.29) is 15.8 Å². The van der Waals surface area contributed by atoms with Gasteiger partial charge in [-0.15, -0.1) is 0 Å². The third kappa shape index (κ3) is 3.34. The van der Waals surface area contributed by atoms with E-state index in [0.29, 0.717) is 12.1 Å². The molecule has 2 aliphatic rings. The molecule has 8 heteroatoms. The number of hydrogen-bond donors (Lipinski definition) is 2. The Bertz CT molecular complexity index is 762.